The lowest BCUT2D eigenvalue weighted by Gasteiger charge is -2.22. The smallest absolute Gasteiger partial charge is 0.252 e. The lowest BCUT2D eigenvalue weighted by atomic mass is 10.1. The zero-order valence-corrected chi connectivity index (χ0v) is 19.0. The molecule has 3 aromatic heterocycles. The van der Waals surface area contributed by atoms with Crippen LogP contribution >= 0.6 is 0 Å². The Kier molecular flexibility index (Phi) is 6.36. The summed E-state index contributed by atoms with van der Waals surface area (Å²) in [4.78, 5) is 17.9. The quantitative estimate of drug-likeness (QED) is 0.349. The largest absolute Gasteiger partial charge is 0.497 e. The molecular weight excluding hydrogens is 451 g/mol. The average Bonchev–Trinajstić information content (AvgIpc) is 3.53. The van der Waals surface area contributed by atoms with Crippen molar-refractivity contribution in [3.05, 3.63) is 106 Å². The van der Waals surface area contributed by atoms with Crippen molar-refractivity contribution >= 4 is 10.9 Å². The number of nitrogens with zero attached hydrogens (tertiary/aromatic N) is 5. The second-order valence-corrected chi connectivity index (χ2v) is 8.18. The molecule has 0 aliphatic carbocycles. The summed E-state index contributed by atoms with van der Waals surface area (Å²) in [5.74, 6) is 1.74. The van der Waals surface area contributed by atoms with E-state index in [4.69, 9.17) is 9.15 Å². The molecule has 0 saturated carbocycles. The van der Waals surface area contributed by atoms with Gasteiger partial charge in [-0.3, -0.25) is 9.69 Å². The summed E-state index contributed by atoms with van der Waals surface area (Å²) >= 11 is 0. The van der Waals surface area contributed by atoms with E-state index in [0.29, 0.717) is 43.3 Å². The number of benzene rings is 2. The van der Waals surface area contributed by atoms with Crippen LogP contribution in [0.5, 0.6) is 5.75 Å². The van der Waals surface area contributed by atoms with Crippen molar-refractivity contribution in [3.8, 4) is 5.75 Å². The summed E-state index contributed by atoms with van der Waals surface area (Å²) in [6.45, 7) is 1.54. The fourth-order valence-corrected chi connectivity index (χ4v) is 3.94. The highest BCUT2D eigenvalue weighted by molar-refractivity contribution is 5.80. The predicted molar refractivity (Wildman–Crippen MR) is 126 cm³/mol. The van der Waals surface area contributed by atoms with Gasteiger partial charge in [-0.1, -0.05) is 12.1 Å². The first-order valence-corrected chi connectivity index (χ1v) is 11.0. The maximum atomic E-state index is 13.5. The Morgan fingerprint density at radius 2 is 1.94 bits per heavy atom. The maximum Gasteiger partial charge on any atom is 0.252 e. The SMILES string of the molecule is COc1ccc2[nH]c(=O)c(CN(Cc3ccc(F)cc3)Cc3nnnn3Cc3ccco3)cc2c1. The summed E-state index contributed by atoms with van der Waals surface area (Å²) in [6.07, 6.45) is 1.60. The normalized spacial score (nSPS) is 11.4. The van der Waals surface area contributed by atoms with Crippen LogP contribution in [0, 0.1) is 5.82 Å². The van der Waals surface area contributed by atoms with Crippen LogP contribution in [0.25, 0.3) is 10.9 Å². The van der Waals surface area contributed by atoms with Crippen molar-refractivity contribution in [2.24, 2.45) is 0 Å². The first-order valence-electron chi connectivity index (χ1n) is 11.0. The minimum absolute atomic E-state index is 0.179. The van der Waals surface area contributed by atoms with E-state index < -0.39 is 0 Å². The lowest BCUT2D eigenvalue weighted by molar-refractivity contribution is 0.235. The number of nitrogens with one attached hydrogen (secondary N) is 1. The monoisotopic (exact) mass is 474 g/mol. The second-order valence-electron chi connectivity index (χ2n) is 8.18. The summed E-state index contributed by atoms with van der Waals surface area (Å²) in [5, 5.41) is 13.0. The Balaban J connectivity index is 1.45. The van der Waals surface area contributed by atoms with Gasteiger partial charge in [0.1, 0.15) is 23.9 Å². The third-order valence-corrected chi connectivity index (χ3v) is 5.70. The van der Waals surface area contributed by atoms with E-state index in [-0.39, 0.29) is 11.4 Å². The van der Waals surface area contributed by atoms with E-state index in [0.717, 1.165) is 22.2 Å². The van der Waals surface area contributed by atoms with Gasteiger partial charge in [0.15, 0.2) is 5.82 Å². The Labute approximate surface area is 199 Å². The molecule has 5 aromatic rings. The molecule has 0 aliphatic rings. The van der Waals surface area contributed by atoms with Gasteiger partial charge in [-0.2, -0.15) is 0 Å². The molecule has 0 bridgehead atoms. The number of pyridine rings is 1. The molecule has 9 nitrogen and oxygen atoms in total. The van der Waals surface area contributed by atoms with Crippen molar-refractivity contribution in [3.63, 3.8) is 0 Å². The van der Waals surface area contributed by atoms with E-state index in [1.54, 1.807) is 42.3 Å². The van der Waals surface area contributed by atoms with Gasteiger partial charge < -0.3 is 14.1 Å². The van der Waals surface area contributed by atoms with Crippen LogP contribution in [-0.2, 0) is 26.2 Å². The van der Waals surface area contributed by atoms with Crippen LogP contribution in [0.2, 0.25) is 0 Å². The highest BCUT2D eigenvalue weighted by atomic mass is 19.1. The fourth-order valence-electron chi connectivity index (χ4n) is 3.94. The molecule has 5 rings (SSSR count). The number of hydrogen-bond donors (Lipinski definition) is 1. The molecule has 1 N–H and O–H groups in total. The first-order chi connectivity index (χ1) is 17.1. The first kappa shape index (κ1) is 22.5. The van der Waals surface area contributed by atoms with E-state index in [2.05, 4.69) is 20.5 Å². The molecule has 2 aromatic carbocycles. The number of tetrazole rings is 1. The van der Waals surface area contributed by atoms with Gasteiger partial charge in [0, 0.05) is 29.6 Å². The number of methoxy groups -OCH3 is 1. The number of rotatable bonds is 9. The van der Waals surface area contributed by atoms with Gasteiger partial charge >= 0.3 is 0 Å². The topological polar surface area (TPSA) is 102 Å². The third kappa shape index (κ3) is 5.28. The van der Waals surface area contributed by atoms with E-state index in [9.17, 15) is 9.18 Å². The Bertz CT molecular complexity index is 1480. The van der Waals surface area contributed by atoms with E-state index in [1.165, 1.54) is 12.1 Å². The Morgan fingerprint density at radius 1 is 1.09 bits per heavy atom. The minimum atomic E-state index is -0.303. The molecule has 35 heavy (non-hydrogen) atoms. The summed E-state index contributed by atoms with van der Waals surface area (Å²) in [7, 11) is 1.60. The molecule has 0 amide bonds. The minimum Gasteiger partial charge on any atom is -0.497 e. The molecule has 3 heterocycles. The average molecular weight is 474 g/mol. The molecule has 0 aliphatic heterocycles. The van der Waals surface area contributed by atoms with Crippen LogP contribution in [0.4, 0.5) is 4.39 Å². The Hall–Kier alpha value is -4.31. The number of ether oxygens (including phenoxy) is 1. The molecular formula is C25H23FN6O3. The standard InChI is InChI=1S/C25H23FN6O3/c1-34-21-8-9-23-18(12-21)11-19(25(33)27-23)14-31(13-17-4-6-20(26)7-5-17)16-24-28-29-30-32(24)15-22-3-2-10-35-22/h2-12H,13-16H2,1H3,(H,27,33). The second kappa shape index (κ2) is 9.90. The van der Waals surface area contributed by atoms with Gasteiger partial charge in [-0.15, -0.1) is 5.10 Å². The summed E-state index contributed by atoms with van der Waals surface area (Å²) in [5.41, 5.74) is 2.03. The van der Waals surface area contributed by atoms with Crippen molar-refractivity contribution in [2.75, 3.05) is 7.11 Å². The highest BCUT2D eigenvalue weighted by Gasteiger charge is 2.17. The van der Waals surface area contributed by atoms with Crippen LogP contribution in [0.15, 0.2) is 76.1 Å². The van der Waals surface area contributed by atoms with Crippen LogP contribution in [-0.4, -0.2) is 37.2 Å². The zero-order chi connectivity index (χ0) is 24.2. The number of aromatic nitrogens is 5. The van der Waals surface area contributed by atoms with Gasteiger partial charge in [0.2, 0.25) is 0 Å². The van der Waals surface area contributed by atoms with Crippen LogP contribution in [0.3, 0.4) is 0 Å². The maximum absolute atomic E-state index is 13.5. The molecule has 0 saturated heterocycles. The molecule has 10 heteroatoms. The van der Waals surface area contributed by atoms with Crippen molar-refractivity contribution < 1.29 is 13.5 Å². The molecule has 0 spiro atoms. The van der Waals surface area contributed by atoms with Crippen LogP contribution in [0.1, 0.15) is 22.7 Å². The van der Waals surface area contributed by atoms with Crippen molar-refractivity contribution in [1.82, 2.24) is 30.1 Å². The molecule has 178 valence electrons. The van der Waals surface area contributed by atoms with Gasteiger partial charge in [0.05, 0.1) is 19.9 Å². The fraction of sp³-hybridized carbons (Fsp3) is 0.200. The Morgan fingerprint density at radius 3 is 2.71 bits per heavy atom. The number of hydrogen-bond acceptors (Lipinski definition) is 7. The van der Waals surface area contributed by atoms with Crippen LogP contribution < -0.4 is 10.3 Å². The number of furan rings is 1. The lowest BCUT2D eigenvalue weighted by Crippen LogP contribution is -2.28. The highest BCUT2D eigenvalue weighted by Crippen LogP contribution is 2.20. The molecule has 0 atom stereocenters. The number of halogens is 1. The number of H-pyrrole nitrogens is 1. The summed E-state index contributed by atoms with van der Waals surface area (Å²) in [6, 6.07) is 17.3. The number of aromatic amines is 1. The molecule has 0 unspecified atom stereocenters. The van der Waals surface area contributed by atoms with E-state index in [1.807, 2.05) is 29.2 Å². The van der Waals surface area contributed by atoms with E-state index >= 15 is 0 Å². The number of fused-ring (bicyclic) bond motifs is 1. The van der Waals surface area contributed by atoms with Gasteiger partial charge in [-0.05, 0) is 64.5 Å². The van der Waals surface area contributed by atoms with Crippen molar-refractivity contribution in [2.45, 2.75) is 26.2 Å². The summed E-state index contributed by atoms with van der Waals surface area (Å²) < 4.78 is 25.9. The molecule has 0 radical (unpaired) electrons. The zero-order valence-electron chi connectivity index (χ0n) is 19.0. The molecule has 0 fully saturated rings. The van der Waals surface area contributed by atoms with Gasteiger partial charge in [0.25, 0.3) is 5.56 Å². The third-order valence-electron chi connectivity index (χ3n) is 5.70. The van der Waals surface area contributed by atoms with Crippen molar-refractivity contribution in [1.29, 1.82) is 0 Å². The van der Waals surface area contributed by atoms with Gasteiger partial charge in [-0.25, -0.2) is 9.07 Å². The predicted octanol–water partition coefficient (Wildman–Crippen LogP) is 3.51.